The summed E-state index contributed by atoms with van der Waals surface area (Å²) < 4.78 is 28.6. The molecule has 0 unspecified atom stereocenters. The molecule has 1 N–H and O–H groups in total. The molecule has 0 radical (unpaired) electrons. The van der Waals surface area contributed by atoms with E-state index in [4.69, 9.17) is 0 Å². The Labute approximate surface area is 167 Å². The lowest BCUT2D eigenvalue weighted by Gasteiger charge is -2.34. The maximum absolute atomic E-state index is 12.9. The Bertz CT molecular complexity index is 909. The van der Waals surface area contributed by atoms with Crippen LogP contribution in [0.25, 0.3) is 0 Å². The van der Waals surface area contributed by atoms with E-state index in [-0.39, 0.29) is 12.5 Å². The van der Waals surface area contributed by atoms with Gasteiger partial charge in [-0.3, -0.25) is 4.79 Å². The first-order valence-electron chi connectivity index (χ1n) is 9.58. The van der Waals surface area contributed by atoms with E-state index in [0.29, 0.717) is 31.7 Å². The fourth-order valence-corrected chi connectivity index (χ4v) is 4.86. The molecular weight excluding hydrogens is 374 g/mol. The van der Waals surface area contributed by atoms with Crippen LogP contribution in [0.3, 0.4) is 0 Å². The lowest BCUT2D eigenvalue weighted by Crippen LogP contribution is -2.51. The highest BCUT2D eigenvalue weighted by Crippen LogP contribution is 2.20. The van der Waals surface area contributed by atoms with E-state index in [2.05, 4.69) is 12.2 Å². The molecule has 2 aromatic rings. The summed E-state index contributed by atoms with van der Waals surface area (Å²) >= 11 is 0. The first kappa shape index (κ1) is 20.5. The Morgan fingerprint density at radius 2 is 1.57 bits per heavy atom. The summed E-state index contributed by atoms with van der Waals surface area (Å²) in [6.07, 6.45) is 1.63. The van der Waals surface area contributed by atoms with Crippen LogP contribution in [0, 0.1) is 6.92 Å². The molecule has 1 heterocycles. The topological polar surface area (TPSA) is 69.7 Å². The van der Waals surface area contributed by atoms with Crippen molar-refractivity contribution in [1.29, 1.82) is 0 Å². The van der Waals surface area contributed by atoms with Gasteiger partial charge in [0.05, 0.1) is 6.54 Å². The second kappa shape index (κ2) is 8.86. The van der Waals surface area contributed by atoms with Gasteiger partial charge in [-0.25, -0.2) is 0 Å². The lowest BCUT2D eigenvalue weighted by molar-refractivity contribution is -0.116. The van der Waals surface area contributed by atoms with Gasteiger partial charge in [0.25, 0.3) is 10.2 Å². The first-order chi connectivity index (χ1) is 13.4. The van der Waals surface area contributed by atoms with Crippen molar-refractivity contribution in [2.75, 3.05) is 25.0 Å². The predicted molar refractivity (Wildman–Crippen MR) is 111 cm³/mol. The number of hydrogen-bond acceptors (Lipinski definition) is 3. The molecule has 2 aromatic carbocycles. The molecule has 0 aliphatic carbocycles. The Kier molecular flexibility index (Phi) is 6.49. The quantitative estimate of drug-likeness (QED) is 0.809. The Hall–Kier alpha value is -2.22. The van der Waals surface area contributed by atoms with Gasteiger partial charge < -0.3 is 5.32 Å². The molecule has 1 aliphatic rings. The van der Waals surface area contributed by atoms with Crippen LogP contribution in [0.2, 0.25) is 0 Å². The van der Waals surface area contributed by atoms with E-state index in [1.165, 1.54) is 14.2 Å². The number of rotatable bonds is 6. The SMILES string of the molecule is CCc1ccc(NC(=O)CN2CCCN(Cc3ccc(C)cc3)S2(=O)=O)cc1. The Balaban J connectivity index is 1.64. The molecule has 0 aromatic heterocycles. The minimum absolute atomic E-state index is 0.178. The minimum Gasteiger partial charge on any atom is -0.325 e. The molecule has 1 fully saturated rings. The van der Waals surface area contributed by atoms with Crippen molar-refractivity contribution < 1.29 is 13.2 Å². The number of carbonyl (C=O) groups excluding carboxylic acids is 1. The Morgan fingerprint density at radius 1 is 0.964 bits per heavy atom. The van der Waals surface area contributed by atoms with E-state index in [0.717, 1.165) is 17.5 Å². The lowest BCUT2D eigenvalue weighted by atomic mass is 10.1. The number of amides is 1. The summed E-state index contributed by atoms with van der Waals surface area (Å²) in [6.45, 7) is 5.03. The van der Waals surface area contributed by atoms with Crippen LogP contribution in [-0.2, 0) is 28.0 Å². The van der Waals surface area contributed by atoms with E-state index in [1.54, 1.807) is 0 Å². The molecule has 150 valence electrons. The fraction of sp³-hybridized carbons (Fsp3) is 0.381. The van der Waals surface area contributed by atoms with Crippen LogP contribution in [0.1, 0.15) is 30.0 Å². The first-order valence-corrected chi connectivity index (χ1v) is 11.0. The molecule has 1 saturated heterocycles. The van der Waals surface area contributed by atoms with Crippen LogP contribution in [0.5, 0.6) is 0 Å². The third kappa shape index (κ3) is 4.98. The highest BCUT2D eigenvalue weighted by molar-refractivity contribution is 7.86. The highest BCUT2D eigenvalue weighted by Gasteiger charge is 2.34. The van der Waals surface area contributed by atoms with Gasteiger partial charge in [-0.2, -0.15) is 17.0 Å². The van der Waals surface area contributed by atoms with Gasteiger partial charge in [0, 0.05) is 25.3 Å². The largest absolute Gasteiger partial charge is 0.325 e. The van der Waals surface area contributed by atoms with Crippen LogP contribution in [0.15, 0.2) is 48.5 Å². The second-order valence-corrected chi connectivity index (χ2v) is 9.04. The summed E-state index contributed by atoms with van der Waals surface area (Å²) in [5.74, 6) is -0.329. The number of anilines is 1. The molecule has 0 saturated carbocycles. The van der Waals surface area contributed by atoms with Gasteiger partial charge in [-0.15, -0.1) is 0 Å². The average molecular weight is 402 g/mol. The summed E-state index contributed by atoms with van der Waals surface area (Å²) in [4.78, 5) is 12.4. The van der Waals surface area contributed by atoms with Gasteiger partial charge in [0.15, 0.2) is 0 Å². The maximum Gasteiger partial charge on any atom is 0.282 e. The number of nitrogens with one attached hydrogen (secondary N) is 1. The van der Waals surface area contributed by atoms with Crippen LogP contribution >= 0.6 is 0 Å². The minimum atomic E-state index is -3.66. The number of carbonyl (C=O) groups is 1. The summed E-state index contributed by atoms with van der Waals surface area (Å²) in [6, 6.07) is 15.4. The smallest absolute Gasteiger partial charge is 0.282 e. The van der Waals surface area contributed by atoms with Crippen molar-refractivity contribution in [1.82, 2.24) is 8.61 Å². The average Bonchev–Trinajstić information content (AvgIpc) is 2.67. The zero-order chi connectivity index (χ0) is 20.1. The molecule has 0 atom stereocenters. The zero-order valence-electron chi connectivity index (χ0n) is 16.4. The normalized spacial score (nSPS) is 17.4. The van der Waals surface area contributed by atoms with Crippen LogP contribution < -0.4 is 5.32 Å². The van der Waals surface area contributed by atoms with E-state index in [9.17, 15) is 13.2 Å². The predicted octanol–water partition coefficient (Wildman–Crippen LogP) is 2.95. The molecule has 28 heavy (non-hydrogen) atoms. The van der Waals surface area contributed by atoms with Gasteiger partial charge in [0.1, 0.15) is 0 Å². The monoisotopic (exact) mass is 401 g/mol. The van der Waals surface area contributed by atoms with E-state index < -0.39 is 10.2 Å². The van der Waals surface area contributed by atoms with Crippen molar-refractivity contribution in [3.63, 3.8) is 0 Å². The van der Waals surface area contributed by atoms with E-state index in [1.807, 2.05) is 55.5 Å². The van der Waals surface area contributed by atoms with Crippen LogP contribution in [-0.4, -0.2) is 42.6 Å². The van der Waals surface area contributed by atoms with Gasteiger partial charge >= 0.3 is 0 Å². The molecule has 0 bridgehead atoms. The molecule has 0 spiro atoms. The highest BCUT2D eigenvalue weighted by atomic mass is 32.2. The second-order valence-electron chi connectivity index (χ2n) is 7.11. The van der Waals surface area contributed by atoms with Crippen molar-refractivity contribution >= 4 is 21.8 Å². The van der Waals surface area contributed by atoms with Crippen molar-refractivity contribution in [3.8, 4) is 0 Å². The summed E-state index contributed by atoms with van der Waals surface area (Å²) in [5, 5.41) is 2.79. The summed E-state index contributed by atoms with van der Waals surface area (Å²) in [5.41, 5.74) is 3.93. The molecule has 7 heteroatoms. The van der Waals surface area contributed by atoms with Crippen LogP contribution in [0.4, 0.5) is 5.69 Å². The number of benzene rings is 2. The molecule has 1 aliphatic heterocycles. The third-order valence-corrected chi connectivity index (χ3v) is 6.84. The number of nitrogens with zero attached hydrogens (tertiary/aromatic N) is 2. The molecule has 3 rings (SSSR count). The number of aryl methyl sites for hydroxylation is 2. The van der Waals surface area contributed by atoms with Crippen molar-refractivity contribution in [2.45, 2.75) is 33.2 Å². The molecular formula is C21H27N3O3S. The van der Waals surface area contributed by atoms with Gasteiger partial charge in [-0.05, 0) is 43.0 Å². The van der Waals surface area contributed by atoms with E-state index >= 15 is 0 Å². The Morgan fingerprint density at radius 3 is 2.21 bits per heavy atom. The standard InChI is InChI=1S/C21H27N3O3S/c1-3-18-9-11-20(12-10-18)22-21(25)16-24-14-4-13-23(28(24,26)27)15-19-7-5-17(2)6-8-19/h5-12H,3-4,13-16H2,1-2H3,(H,22,25). The van der Waals surface area contributed by atoms with Gasteiger partial charge in [0.2, 0.25) is 5.91 Å². The number of hydrogen-bond donors (Lipinski definition) is 1. The van der Waals surface area contributed by atoms with Crippen molar-refractivity contribution in [3.05, 3.63) is 65.2 Å². The van der Waals surface area contributed by atoms with Gasteiger partial charge in [-0.1, -0.05) is 48.9 Å². The third-order valence-electron chi connectivity index (χ3n) is 4.91. The van der Waals surface area contributed by atoms with Crippen molar-refractivity contribution in [2.24, 2.45) is 0 Å². The zero-order valence-corrected chi connectivity index (χ0v) is 17.2. The molecule has 1 amide bonds. The fourth-order valence-electron chi connectivity index (χ4n) is 3.22. The summed E-state index contributed by atoms with van der Waals surface area (Å²) in [7, 11) is -3.66. The molecule has 6 nitrogen and oxygen atoms in total. The maximum atomic E-state index is 12.9.